The molecule has 0 atom stereocenters. The van der Waals surface area contributed by atoms with Crippen molar-refractivity contribution in [1.29, 1.82) is 0 Å². The number of pyridine rings is 1. The predicted octanol–water partition coefficient (Wildman–Crippen LogP) is 4.10. The van der Waals surface area contributed by atoms with Gasteiger partial charge in [0.05, 0.1) is 11.2 Å². The third-order valence-corrected chi connectivity index (χ3v) is 6.61. The van der Waals surface area contributed by atoms with Crippen LogP contribution in [0.25, 0.3) is 0 Å². The molecule has 3 heterocycles. The molecular formula is C24H28N4O2S. The number of aryl methyl sites for hydroxylation is 2. The first kappa shape index (κ1) is 21.5. The maximum atomic E-state index is 12.5. The zero-order valence-electron chi connectivity index (χ0n) is 18.1. The molecule has 0 saturated carbocycles. The normalized spacial score (nSPS) is 14.6. The van der Waals surface area contributed by atoms with Crippen molar-refractivity contribution in [3.63, 3.8) is 0 Å². The van der Waals surface area contributed by atoms with Gasteiger partial charge in [0.2, 0.25) is 0 Å². The fraction of sp³-hybridized carbons (Fsp3) is 0.375. The van der Waals surface area contributed by atoms with Crippen LogP contribution in [0.5, 0.6) is 5.75 Å². The number of nitrogens with zero attached hydrogens (tertiary/aromatic N) is 4. The van der Waals surface area contributed by atoms with Crippen LogP contribution in [0.1, 0.15) is 27.4 Å². The van der Waals surface area contributed by atoms with Crippen molar-refractivity contribution >= 4 is 17.4 Å². The second kappa shape index (κ2) is 10.0. The first-order chi connectivity index (χ1) is 15.1. The number of piperazine rings is 1. The summed E-state index contributed by atoms with van der Waals surface area (Å²) in [6.07, 6.45) is 3.39. The van der Waals surface area contributed by atoms with Crippen molar-refractivity contribution in [3.8, 4) is 5.75 Å². The fourth-order valence-electron chi connectivity index (χ4n) is 3.63. The summed E-state index contributed by atoms with van der Waals surface area (Å²) in [6, 6.07) is 11.8. The lowest BCUT2D eigenvalue weighted by molar-refractivity contribution is 0.111. The van der Waals surface area contributed by atoms with E-state index in [-0.39, 0.29) is 6.09 Å². The minimum Gasteiger partial charge on any atom is -0.410 e. The van der Waals surface area contributed by atoms with Gasteiger partial charge in [-0.25, -0.2) is 9.78 Å². The monoisotopic (exact) mass is 436 g/mol. The lowest BCUT2D eigenvalue weighted by atomic mass is 10.1. The molecule has 0 aliphatic carbocycles. The number of aromatic nitrogens is 2. The van der Waals surface area contributed by atoms with E-state index >= 15 is 0 Å². The van der Waals surface area contributed by atoms with Crippen LogP contribution in [0.4, 0.5) is 4.79 Å². The van der Waals surface area contributed by atoms with Crippen molar-refractivity contribution in [2.24, 2.45) is 0 Å². The Labute approximate surface area is 187 Å². The van der Waals surface area contributed by atoms with Crippen LogP contribution in [-0.4, -0.2) is 58.6 Å². The van der Waals surface area contributed by atoms with E-state index in [0.717, 1.165) is 55.0 Å². The molecular weight excluding hydrogens is 408 g/mol. The van der Waals surface area contributed by atoms with Gasteiger partial charge in [-0.1, -0.05) is 18.2 Å². The molecule has 2 aromatic heterocycles. The van der Waals surface area contributed by atoms with E-state index in [0.29, 0.717) is 18.8 Å². The number of rotatable bonds is 6. The van der Waals surface area contributed by atoms with Gasteiger partial charge in [0.1, 0.15) is 5.75 Å². The van der Waals surface area contributed by atoms with E-state index in [9.17, 15) is 4.79 Å². The van der Waals surface area contributed by atoms with Crippen molar-refractivity contribution in [2.75, 3.05) is 32.7 Å². The van der Waals surface area contributed by atoms with Gasteiger partial charge in [-0.3, -0.25) is 9.88 Å². The highest BCUT2D eigenvalue weighted by atomic mass is 32.1. The number of hydrogen-bond acceptors (Lipinski definition) is 6. The summed E-state index contributed by atoms with van der Waals surface area (Å²) in [4.78, 5) is 26.8. The second-order valence-corrected chi connectivity index (χ2v) is 8.89. The number of carbonyl (C=O) groups excluding carboxylic acids is 1. The molecule has 0 unspecified atom stereocenters. The smallest absolute Gasteiger partial charge is 0.410 e. The molecule has 1 aliphatic heterocycles. The minimum absolute atomic E-state index is 0.272. The Hall–Kier alpha value is -2.77. The van der Waals surface area contributed by atoms with Gasteiger partial charge >= 0.3 is 6.09 Å². The first-order valence-corrected chi connectivity index (χ1v) is 11.5. The zero-order valence-corrected chi connectivity index (χ0v) is 18.9. The largest absolute Gasteiger partial charge is 0.415 e. The third-order valence-electron chi connectivity index (χ3n) is 5.62. The highest BCUT2D eigenvalue weighted by molar-refractivity contribution is 7.09. The number of carbonyl (C=O) groups is 1. The minimum atomic E-state index is -0.272. The van der Waals surface area contributed by atoms with Crippen molar-refractivity contribution < 1.29 is 9.53 Å². The van der Waals surface area contributed by atoms with E-state index in [1.54, 1.807) is 16.2 Å². The van der Waals surface area contributed by atoms with Gasteiger partial charge in [0, 0.05) is 55.9 Å². The molecule has 162 valence electrons. The van der Waals surface area contributed by atoms with Crippen LogP contribution in [0.15, 0.2) is 48.1 Å². The quantitative estimate of drug-likeness (QED) is 0.582. The SMILES string of the molecule is Cc1ccc(Cc2ccc(OC(=O)N3CCN(CCc4scnc4C)CC3)cc2)nc1. The Morgan fingerprint density at radius 2 is 1.81 bits per heavy atom. The molecule has 1 saturated heterocycles. The molecule has 0 N–H and O–H groups in total. The first-order valence-electron chi connectivity index (χ1n) is 10.7. The number of amides is 1. The number of benzene rings is 1. The van der Waals surface area contributed by atoms with Crippen LogP contribution in [0.3, 0.4) is 0 Å². The molecule has 0 radical (unpaired) electrons. The maximum absolute atomic E-state index is 12.5. The topological polar surface area (TPSA) is 58.6 Å². The molecule has 0 spiro atoms. The molecule has 6 nitrogen and oxygen atoms in total. The summed E-state index contributed by atoms with van der Waals surface area (Å²) in [6.45, 7) is 8.22. The van der Waals surface area contributed by atoms with E-state index in [2.05, 4.69) is 27.9 Å². The average molecular weight is 437 g/mol. The van der Waals surface area contributed by atoms with Crippen molar-refractivity contribution in [1.82, 2.24) is 19.8 Å². The summed E-state index contributed by atoms with van der Waals surface area (Å²) in [5.41, 5.74) is 6.36. The summed E-state index contributed by atoms with van der Waals surface area (Å²) >= 11 is 1.72. The zero-order chi connectivity index (χ0) is 21.6. The Kier molecular flexibility index (Phi) is 6.94. The molecule has 4 rings (SSSR count). The van der Waals surface area contributed by atoms with Gasteiger partial charge in [-0.05, 0) is 49.6 Å². The van der Waals surface area contributed by atoms with Gasteiger partial charge in [-0.2, -0.15) is 0 Å². The summed E-state index contributed by atoms with van der Waals surface area (Å²) < 4.78 is 5.59. The van der Waals surface area contributed by atoms with E-state index in [1.807, 2.05) is 49.0 Å². The van der Waals surface area contributed by atoms with E-state index < -0.39 is 0 Å². The van der Waals surface area contributed by atoms with Crippen LogP contribution in [0, 0.1) is 13.8 Å². The van der Waals surface area contributed by atoms with E-state index in [1.165, 1.54) is 4.88 Å². The van der Waals surface area contributed by atoms with Gasteiger partial charge in [0.25, 0.3) is 0 Å². The molecule has 1 fully saturated rings. The van der Waals surface area contributed by atoms with Crippen LogP contribution in [0.2, 0.25) is 0 Å². The lowest BCUT2D eigenvalue weighted by Gasteiger charge is -2.33. The van der Waals surface area contributed by atoms with Crippen LogP contribution >= 0.6 is 11.3 Å². The molecule has 1 amide bonds. The molecule has 1 aliphatic rings. The number of ether oxygens (including phenoxy) is 1. The van der Waals surface area contributed by atoms with Gasteiger partial charge in [0.15, 0.2) is 0 Å². The third kappa shape index (κ3) is 5.89. The second-order valence-electron chi connectivity index (χ2n) is 7.96. The number of hydrogen-bond donors (Lipinski definition) is 0. The Balaban J connectivity index is 1.22. The molecule has 7 heteroatoms. The van der Waals surface area contributed by atoms with Crippen molar-refractivity contribution in [3.05, 3.63) is 75.5 Å². The highest BCUT2D eigenvalue weighted by Gasteiger charge is 2.22. The van der Waals surface area contributed by atoms with E-state index in [4.69, 9.17) is 4.74 Å². The van der Waals surface area contributed by atoms with Crippen molar-refractivity contribution in [2.45, 2.75) is 26.7 Å². The molecule has 3 aromatic rings. The van der Waals surface area contributed by atoms with Crippen LogP contribution < -0.4 is 4.74 Å². The number of thiazole rings is 1. The summed E-state index contributed by atoms with van der Waals surface area (Å²) in [5, 5.41) is 0. The van der Waals surface area contributed by atoms with Gasteiger partial charge in [-0.15, -0.1) is 11.3 Å². The molecule has 31 heavy (non-hydrogen) atoms. The summed E-state index contributed by atoms with van der Waals surface area (Å²) in [5.74, 6) is 0.578. The standard InChI is InChI=1S/C24H28N4O2S/c1-18-3-6-21(25-16-18)15-20-4-7-22(8-5-20)30-24(29)28-13-11-27(12-14-28)10-9-23-19(2)26-17-31-23/h3-8,16-17H,9-15H2,1-2H3. The Morgan fingerprint density at radius 1 is 1.03 bits per heavy atom. The van der Waals surface area contributed by atoms with Gasteiger partial charge < -0.3 is 9.64 Å². The van der Waals surface area contributed by atoms with Crippen LogP contribution in [-0.2, 0) is 12.8 Å². The maximum Gasteiger partial charge on any atom is 0.415 e. The predicted molar refractivity (Wildman–Crippen MR) is 123 cm³/mol. The summed E-state index contributed by atoms with van der Waals surface area (Å²) in [7, 11) is 0. The highest BCUT2D eigenvalue weighted by Crippen LogP contribution is 2.17. The Bertz CT molecular complexity index is 993. The molecule has 1 aromatic carbocycles. The lowest BCUT2D eigenvalue weighted by Crippen LogP contribution is -2.49. The fourth-order valence-corrected chi connectivity index (χ4v) is 4.40. The molecule has 0 bridgehead atoms. The Morgan fingerprint density at radius 3 is 2.45 bits per heavy atom. The average Bonchev–Trinajstić information content (AvgIpc) is 3.20.